The average molecular weight is 373 g/mol. The van der Waals surface area contributed by atoms with Gasteiger partial charge in [0.15, 0.2) is 9.84 Å². The molecule has 0 amide bonds. The van der Waals surface area contributed by atoms with Crippen LogP contribution < -0.4 is 0 Å². The lowest BCUT2D eigenvalue weighted by atomic mass is 10.3. The summed E-state index contributed by atoms with van der Waals surface area (Å²) in [6.07, 6.45) is 2.72. The number of hydrogen-bond acceptors (Lipinski definition) is 5. The Hall–Kier alpha value is -1.48. The minimum absolute atomic E-state index is 0.0577. The molecule has 122 valence electrons. The van der Waals surface area contributed by atoms with Gasteiger partial charge in [0.25, 0.3) is 0 Å². The quantitative estimate of drug-likeness (QED) is 0.813. The van der Waals surface area contributed by atoms with E-state index in [0.717, 1.165) is 4.31 Å². The molecule has 6 nitrogen and oxygen atoms in total. The number of pyridine rings is 1. The second-order valence-corrected chi connectivity index (χ2v) is 9.73. The Balaban J connectivity index is 1.77. The van der Waals surface area contributed by atoms with Crippen LogP contribution in [0.15, 0.2) is 58.6 Å². The zero-order valence-corrected chi connectivity index (χ0v) is 14.2. The molecule has 0 N–H and O–H groups in total. The van der Waals surface area contributed by atoms with Gasteiger partial charge < -0.3 is 0 Å². The molecule has 1 aromatic carbocycles. The van der Waals surface area contributed by atoms with Crippen LogP contribution >= 0.6 is 11.6 Å². The SMILES string of the molecule is O=S(=O)(c1ccc(Cl)cc1)C1CN(S(=O)(=O)c2cccnc2)C1. The van der Waals surface area contributed by atoms with Gasteiger partial charge in [-0.1, -0.05) is 11.6 Å². The van der Waals surface area contributed by atoms with Crippen molar-refractivity contribution in [1.82, 2.24) is 9.29 Å². The normalized spacial score (nSPS) is 16.9. The van der Waals surface area contributed by atoms with Crippen LogP contribution in [0.5, 0.6) is 0 Å². The van der Waals surface area contributed by atoms with Gasteiger partial charge >= 0.3 is 0 Å². The van der Waals surface area contributed by atoms with Crippen LogP contribution in [-0.2, 0) is 19.9 Å². The van der Waals surface area contributed by atoms with E-state index in [2.05, 4.69) is 4.98 Å². The lowest BCUT2D eigenvalue weighted by Gasteiger charge is -2.37. The van der Waals surface area contributed by atoms with E-state index in [1.165, 1.54) is 48.8 Å². The Kier molecular flexibility index (Phi) is 4.18. The van der Waals surface area contributed by atoms with Gasteiger partial charge in [0.2, 0.25) is 10.0 Å². The summed E-state index contributed by atoms with van der Waals surface area (Å²) in [5, 5.41) is -0.312. The standard InChI is InChI=1S/C14H13ClN2O4S2/c15-11-3-5-12(6-4-11)22(18,19)14-9-17(10-14)23(20,21)13-2-1-7-16-8-13/h1-8,14H,9-10H2. The molecule has 23 heavy (non-hydrogen) atoms. The number of hydrogen-bond donors (Lipinski definition) is 0. The topological polar surface area (TPSA) is 84.4 Å². The molecule has 2 aromatic rings. The molecular weight excluding hydrogens is 360 g/mol. The van der Waals surface area contributed by atoms with Crippen LogP contribution in [-0.4, -0.2) is 44.5 Å². The fourth-order valence-corrected chi connectivity index (χ4v) is 5.72. The van der Waals surface area contributed by atoms with Crippen molar-refractivity contribution in [1.29, 1.82) is 0 Å². The number of sulfone groups is 1. The first-order valence-electron chi connectivity index (χ1n) is 6.71. The van der Waals surface area contributed by atoms with Crippen LogP contribution in [0.1, 0.15) is 0 Å². The molecule has 3 rings (SSSR count). The van der Waals surface area contributed by atoms with Crippen molar-refractivity contribution in [3.05, 3.63) is 53.8 Å². The number of aromatic nitrogens is 1. The average Bonchev–Trinajstić information content (AvgIpc) is 2.46. The van der Waals surface area contributed by atoms with E-state index in [9.17, 15) is 16.8 Å². The molecule has 0 aliphatic carbocycles. The number of nitrogens with zero attached hydrogens (tertiary/aromatic N) is 2. The summed E-state index contributed by atoms with van der Waals surface area (Å²) in [4.78, 5) is 3.98. The second-order valence-electron chi connectivity index (χ2n) is 5.13. The minimum atomic E-state index is -3.70. The van der Waals surface area contributed by atoms with Crippen molar-refractivity contribution in [2.75, 3.05) is 13.1 Å². The third kappa shape index (κ3) is 2.99. The summed E-state index contributed by atoms with van der Waals surface area (Å²) in [5.74, 6) is 0. The van der Waals surface area contributed by atoms with Crippen molar-refractivity contribution < 1.29 is 16.8 Å². The lowest BCUT2D eigenvalue weighted by Crippen LogP contribution is -2.56. The smallest absolute Gasteiger partial charge is 0.244 e. The van der Waals surface area contributed by atoms with Crippen molar-refractivity contribution in [3.8, 4) is 0 Å². The van der Waals surface area contributed by atoms with E-state index >= 15 is 0 Å². The Morgan fingerprint density at radius 2 is 1.65 bits per heavy atom. The summed E-state index contributed by atoms with van der Waals surface area (Å²) >= 11 is 5.75. The van der Waals surface area contributed by atoms with E-state index in [1.807, 2.05) is 0 Å². The molecule has 1 aromatic heterocycles. The van der Waals surface area contributed by atoms with Gasteiger partial charge in [-0.05, 0) is 36.4 Å². The molecule has 1 saturated heterocycles. The first kappa shape index (κ1) is 16.4. The Morgan fingerprint density at radius 3 is 2.22 bits per heavy atom. The summed E-state index contributed by atoms with van der Waals surface area (Å²) in [7, 11) is -7.27. The lowest BCUT2D eigenvalue weighted by molar-refractivity contribution is 0.309. The first-order valence-corrected chi connectivity index (χ1v) is 10.1. The zero-order chi connectivity index (χ0) is 16.7. The number of rotatable bonds is 4. The molecule has 1 aliphatic heterocycles. The van der Waals surface area contributed by atoms with Gasteiger partial charge in [0, 0.05) is 30.5 Å². The van der Waals surface area contributed by atoms with Crippen LogP contribution in [0.25, 0.3) is 0 Å². The molecule has 1 fully saturated rings. The molecule has 2 heterocycles. The molecule has 0 atom stereocenters. The maximum Gasteiger partial charge on any atom is 0.244 e. The maximum atomic E-state index is 12.5. The zero-order valence-electron chi connectivity index (χ0n) is 11.8. The second kappa shape index (κ2) is 5.86. The minimum Gasteiger partial charge on any atom is -0.263 e. The highest BCUT2D eigenvalue weighted by atomic mass is 35.5. The summed E-state index contributed by atoms with van der Waals surface area (Å²) in [5.41, 5.74) is 0. The maximum absolute atomic E-state index is 12.5. The van der Waals surface area contributed by atoms with E-state index in [4.69, 9.17) is 11.6 Å². The predicted molar refractivity (Wildman–Crippen MR) is 85.4 cm³/mol. The highest BCUT2D eigenvalue weighted by Gasteiger charge is 2.44. The van der Waals surface area contributed by atoms with Gasteiger partial charge in [-0.2, -0.15) is 4.31 Å². The summed E-state index contributed by atoms with van der Waals surface area (Å²) in [6, 6.07) is 8.80. The van der Waals surface area contributed by atoms with Crippen LogP contribution in [0.2, 0.25) is 5.02 Å². The molecule has 0 spiro atoms. The monoisotopic (exact) mass is 372 g/mol. The Morgan fingerprint density at radius 1 is 1.00 bits per heavy atom. The van der Waals surface area contributed by atoms with Crippen molar-refractivity contribution in [2.24, 2.45) is 0 Å². The number of benzene rings is 1. The van der Waals surface area contributed by atoms with Gasteiger partial charge in [-0.25, -0.2) is 16.8 Å². The van der Waals surface area contributed by atoms with Crippen molar-refractivity contribution >= 4 is 31.5 Å². The molecule has 1 aliphatic rings. The van der Waals surface area contributed by atoms with Gasteiger partial charge in [0.05, 0.1) is 10.1 Å². The molecule has 9 heteroatoms. The van der Waals surface area contributed by atoms with Gasteiger partial charge in [0.1, 0.15) is 4.90 Å². The highest BCUT2D eigenvalue weighted by molar-refractivity contribution is 7.92. The van der Waals surface area contributed by atoms with Crippen LogP contribution in [0, 0.1) is 0 Å². The van der Waals surface area contributed by atoms with Gasteiger partial charge in [-0.15, -0.1) is 0 Å². The van der Waals surface area contributed by atoms with Crippen LogP contribution in [0.3, 0.4) is 0 Å². The summed E-state index contributed by atoms with van der Waals surface area (Å²) < 4.78 is 50.7. The molecule has 0 saturated carbocycles. The molecular formula is C14H13ClN2O4S2. The van der Waals surface area contributed by atoms with E-state index in [1.54, 1.807) is 0 Å². The van der Waals surface area contributed by atoms with Crippen molar-refractivity contribution in [2.45, 2.75) is 15.0 Å². The molecule has 0 unspecified atom stereocenters. The predicted octanol–water partition coefficient (Wildman–Crippen LogP) is 1.58. The number of sulfonamides is 1. The fourth-order valence-electron chi connectivity index (χ4n) is 2.26. The summed E-state index contributed by atoms with van der Waals surface area (Å²) in [6.45, 7) is -0.135. The van der Waals surface area contributed by atoms with E-state index in [0.29, 0.717) is 5.02 Å². The highest BCUT2D eigenvalue weighted by Crippen LogP contribution is 2.28. The van der Waals surface area contributed by atoms with E-state index in [-0.39, 0.29) is 22.9 Å². The van der Waals surface area contributed by atoms with Gasteiger partial charge in [-0.3, -0.25) is 4.98 Å². The Labute approximate surface area is 139 Å². The first-order chi connectivity index (χ1) is 10.8. The third-order valence-corrected chi connectivity index (χ3v) is 7.84. The molecule has 0 radical (unpaired) electrons. The van der Waals surface area contributed by atoms with Crippen LogP contribution in [0.4, 0.5) is 0 Å². The third-order valence-electron chi connectivity index (χ3n) is 3.67. The number of halogens is 1. The van der Waals surface area contributed by atoms with E-state index < -0.39 is 25.1 Å². The fraction of sp³-hybridized carbons (Fsp3) is 0.214. The largest absolute Gasteiger partial charge is 0.263 e. The Bertz CT molecular complexity index is 907. The molecule has 0 bridgehead atoms. The van der Waals surface area contributed by atoms with Crippen molar-refractivity contribution in [3.63, 3.8) is 0 Å².